The van der Waals surface area contributed by atoms with Crippen molar-refractivity contribution in [1.29, 1.82) is 0 Å². The molecule has 1 aliphatic carbocycles. The second-order valence-corrected chi connectivity index (χ2v) is 7.16. The SMILES string of the molecule is O=C(NCCCN1CCN(c2cccc(C(F)(F)F)c2)CC1)C1CC=CC1. The van der Waals surface area contributed by atoms with Crippen molar-refractivity contribution in [3.63, 3.8) is 0 Å². The average Bonchev–Trinajstić information content (AvgIpc) is 3.20. The van der Waals surface area contributed by atoms with Gasteiger partial charge in [0, 0.05) is 44.3 Å². The predicted molar refractivity (Wildman–Crippen MR) is 99.6 cm³/mol. The molecule has 1 heterocycles. The van der Waals surface area contributed by atoms with Gasteiger partial charge in [-0.3, -0.25) is 9.69 Å². The van der Waals surface area contributed by atoms with E-state index in [9.17, 15) is 18.0 Å². The van der Waals surface area contributed by atoms with Crippen LogP contribution in [0.4, 0.5) is 18.9 Å². The van der Waals surface area contributed by atoms with Gasteiger partial charge in [0.05, 0.1) is 5.56 Å². The van der Waals surface area contributed by atoms with Crippen molar-refractivity contribution in [3.05, 3.63) is 42.0 Å². The summed E-state index contributed by atoms with van der Waals surface area (Å²) in [5.74, 6) is 0.232. The number of carbonyl (C=O) groups is 1. The first-order valence-electron chi connectivity index (χ1n) is 9.51. The predicted octanol–water partition coefficient (Wildman–Crippen LogP) is 3.30. The minimum Gasteiger partial charge on any atom is -0.369 e. The van der Waals surface area contributed by atoms with E-state index in [0.717, 1.165) is 45.0 Å². The molecule has 1 N–H and O–H groups in total. The van der Waals surface area contributed by atoms with Crippen LogP contribution in [0.5, 0.6) is 0 Å². The maximum atomic E-state index is 12.9. The number of anilines is 1. The minimum atomic E-state index is -4.31. The first-order valence-corrected chi connectivity index (χ1v) is 9.51. The second-order valence-electron chi connectivity index (χ2n) is 7.16. The Morgan fingerprint density at radius 3 is 2.48 bits per heavy atom. The zero-order chi connectivity index (χ0) is 19.3. The van der Waals surface area contributed by atoms with E-state index >= 15 is 0 Å². The van der Waals surface area contributed by atoms with Crippen LogP contribution >= 0.6 is 0 Å². The molecule has 0 aromatic heterocycles. The Bertz CT molecular complexity index is 659. The maximum absolute atomic E-state index is 12.9. The van der Waals surface area contributed by atoms with Crippen molar-refractivity contribution < 1.29 is 18.0 Å². The largest absolute Gasteiger partial charge is 0.416 e. The highest BCUT2D eigenvalue weighted by Crippen LogP contribution is 2.31. The quantitative estimate of drug-likeness (QED) is 0.607. The van der Waals surface area contributed by atoms with Gasteiger partial charge >= 0.3 is 6.18 Å². The molecule has 1 aromatic carbocycles. The van der Waals surface area contributed by atoms with Crippen molar-refractivity contribution in [1.82, 2.24) is 10.2 Å². The molecule has 1 aliphatic heterocycles. The number of amides is 1. The Morgan fingerprint density at radius 1 is 1.11 bits per heavy atom. The second kappa shape index (κ2) is 8.78. The first-order chi connectivity index (χ1) is 12.9. The van der Waals surface area contributed by atoms with Crippen molar-refractivity contribution in [2.24, 2.45) is 5.92 Å². The smallest absolute Gasteiger partial charge is 0.369 e. The van der Waals surface area contributed by atoms with Gasteiger partial charge in [-0.25, -0.2) is 0 Å². The third-order valence-electron chi connectivity index (χ3n) is 5.24. The molecule has 1 amide bonds. The summed E-state index contributed by atoms with van der Waals surface area (Å²) in [4.78, 5) is 16.2. The molecule has 0 bridgehead atoms. The number of halogens is 3. The summed E-state index contributed by atoms with van der Waals surface area (Å²) in [6, 6.07) is 5.53. The highest BCUT2D eigenvalue weighted by Gasteiger charge is 2.31. The zero-order valence-corrected chi connectivity index (χ0v) is 15.3. The number of piperazine rings is 1. The molecule has 0 spiro atoms. The van der Waals surface area contributed by atoms with Gasteiger partial charge in [0.1, 0.15) is 0 Å². The molecular formula is C20H26F3N3O. The summed E-state index contributed by atoms with van der Waals surface area (Å²) in [6.07, 6.45) is 2.35. The molecule has 1 fully saturated rings. The lowest BCUT2D eigenvalue weighted by atomic mass is 10.1. The molecule has 0 atom stereocenters. The van der Waals surface area contributed by atoms with Gasteiger partial charge in [-0.05, 0) is 44.0 Å². The van der Waals surface area contributed by atoms with Crippen molar-refractivity contribution in [2.45, 2.75) is 25.4 Å². The highest BCUT2D eigenvalue weighted by molar-refractivity contribution is 5.79. The summed E-state index contributed by atoms with van der Waals surface area (Å²) in [5, 5.41) is 3.00. The molecule has 0 saturated carbocycles. The zero-order valence-electron chi connectivity index (χ0n) is 15.3. The summed E-state index contributed by atoms with van der Waals surface area (Å²) in [7, 11) is 0. The van der Waals surface area contributed by atoms with Gasteiger partial charge in [-0.2, -0.15) is 13.2 Å². The molecule has 27 heavy (non-hydrogen) atoms. The van der Waals surface area contributed by atoms with Crippen LogP contribution in [-0.4, -0.2) is 50.1 Å². The molecule has 7 heteroatoms. The Balaban J connectivity index is 1.37. The van der Waals surface area contributed by atoms with E-state index in [0.29, 0.717) is 25.3 Å². The van der Waals surface area contributed by atoms with Gasteiger partial charge in [0.15, 0.2) is 0 Å². The van der Waals surface area contributed by atoms with Crippen LogP contribution in [0, 0.1) is 5.92 Å². The number of nitrogens with one attached hydrogen (secondary N) is 1. The van der Waals surface area contributed by atoms with Crippen LogP contribution in [0.2, 0.25) is 0 Å². The van der Waals surface area contributed by atoms with Crippen molar-refractivity contribution in [3.8, 4) is 0 Å². The molecular weight excluding hydrogens is 355 g/mol. The number of nitrogens with zero attached hydrogens (tertiary/aromatic N) is 2. The van der Waals surface area contributed by atoms with E-state index in [1.54, 1.807) is 6.07 Å². The summed E-state index contributed by atoms with van der Waals surface area (Å²) < 4.78 is 38.6. The van der Waals surface area contributed by atoms with Gasteiger partial charge in [0.2, 0.25) is 5.91 Å². The number of hydrogen-bond donors (Lipinski definition) is 1. The summed E-state index contributed by atoms with van der Waals surface area (Å²) >= 11 is 0. The van der Waals surface area contributed by atoms with Crippen molar-refractivity contribution >= 4 is 11.6 Å². The van der Waals surface area contributed by atoms with Gasteiger partial charge < -0.3 is 10.2 Å². The van der Waals surface area contributed by atoms with Crippen LogP contribution in [0.3, 0.4) is 0 Å². The fourth-order valence-corrected chi connectivity index (χ4v) is 3.60. The molecule has 4 nitrogen and oxygen atoms in total. The van der Waals surface area contributed by atoms with Crippen LogP contribution < -0.4 is 10.2 Å². The lowest BCUT2D eigenvalue weighted by Gasteiger charge is -2.36. The molecule has 148 valence electrons. The number of hydrogen-bond acceptors (Lipinski definition) is 3. The fourth-order valence-electron chi connectivity index (χ4n) is 3.60. The summed E-state index contributed by atoms with van der Waals surface area (Å²) in [6.45, 7) is 4.61. The van der Waals surface area contributed by atoms with Crippen LogP contribution in [0.25, 0.3) is 0 Å². The van der Waals surface area contributed by atoms with E-state index in [-0.39, 0.29) is 11.8 Å². The minimum absolute atomic E-state index is 0.0982. The number of rotatable bonds is 6. The normalized spacial score (nSPS) is 18.9. The number of allylic oxidation sites excluding steroid dienone is 2. The maximum Gasteiger partial charge on any atom is 0.416 e. The van der Waals surface area contributed by atoms with Crippen LogP contribution in [-0.2, 0) is 11.0 Å². The van der Waals surface area contributed by atoms with Gasteiger partial charge in [0.25, 0.3) is 0 Å². The van der Waals surface area contributed by atoms with E-state index in [2.05, 4.69) is 10.2 Å². The number of carbonyl (C=O) groups excluding carboxylic acids is 1. The lowest BCUT2D eigenvalue weighted by Crippen LogP contribution is -2.47. The summed E-state index contributed by atoms with van der Waals surface area (Å²) in [5.41, 5.74) is 0.0255. The van der Waals surface area contributed by atoms with E-state index in [4.69, 9.17) is 0 Å². The van der Waals surface area contributed by atoms with E-state index in [1.807, 2.05) is 17.1 Å². The van der Waals surface area contributed by atoms with E-state index in [1.165, 1.54) is 12.1 Å². The topological polar surface area (TPSA) is 35.6 Å². The first kappa shape index (κ1) is 19.7. The molecule has 3 rings (SSSR count). The Labute approximate surface area is 158 Å². The van der Waals surface area contributed by atoms with Crippen LogP contribution in [0.15, 0.2) is 36.4 Å². The molecule has 1 aromatic rings. The molecule has 0 radical (unpaired) electrons. The average molecular weight is 381 g/mol. The molecule has 1 saturated heterocycles. The number of benzene rings is 1. The van der Waals surface area contributed by atoms with E-state index < -0.39 is 11.7 Å². The lowest BCUT2D eigenvalue weighted by molar-refractivity contribution is -0.137. The van der Waals surface area contributed by atoms with Gasteiger partial charge in [-0.1, -0.05) is 18.2 Å². The van der Waals surface area contributed by atoms with Gasteiger partial charge in [-0.15, -0.1) is 0 Å². The third kappa shape index (κ3) is 5.48. The third-order valence-corrected chi connectivity index (χ3v) is 5.24. The number of alkyl halides is 3. The Morgan fingerprint density at radius 2 is 1.81 bits per heavy atom. The molecule has 0 unspecified atom stereocenters. The van der Waals surface area contributed by atoms with Crippen molar-refractivity contribution in [2.75, 3.05) is 44.2 Å². The van der Waals surface area contributed by atoms with Crippen LogP contribution in [0.1, 0.15) is 24.8 Å². The fraction of sp³-hybridized carbons (Fsp3) is 0.550. The monoisotopic (exact) mass is 381 g/mol. The highest BCUT2D eigenvalue weighted by atomic mass is 19.4. The molecule has 2 aliphatic rings. The standard InChI is InChI=1S/C20H26F3N3O/c21-20(22,23)17-7-3-8-18(15-17)26-13-11-25(12-14-26)10-4-9-24-19(27)16-5-1-2-6-16/h1-3,7-8,15-16H,4-6,9-14H2,(H,24,27). The Hall–Kier alpha value is -2.02. The Kier molecular flexibility index (Phi) is 6.42.